The van der Waals surface area contributed by atoms with Crippen molar-refractivity contribution in [1.82, 2.24) is 24.9 Å². The van der Waals surface area contributed by atoms with E-state index in [1.165, 1.54) is 0 Å². The lowest BCUT2D eigenvalue weighted by Gasteiger charge is -2.36. The lowest BCUT2D eigenvalue weighted by atomic mass is 9.96. The molecule has 1 aliphatic rings. The third-order valence-electron chi connectivity index (χ3n) is 4.82. The summed E-state index contributed by atoms with van der Waals surface area (Å²) in [7, 11) is 1.82. The molecule has 1 aromatic heterocycles. The van der Waals surface area contributed by atoms with Crippen LogP contribution < -0.4 is 5.32 Å². The fourth-order valence-electron chi connectivity index (χ4n) is 3.35. The molecule has 0 bridgehead atoms. The van der Waals surface area contributed by atoms with E-state index in [9.17, 15) is 4.79 Å². The Morgan fingerprint density at radius 3 is 2.55 bits per heavy atom. The lowest BCUT2D eigenvalue weighted by Crippen LogP contribution is -2.48. The normalized spacial score (nSPS) is 15.6. The predicted molar refractivity (Wildman–Crippen MR) is 127 cm³/mol. The van der Waals surface area contributed by atoms with Gasteiger partial charge in [0, 0.05) is 52.2 Å². The van der Waals surface area contributed by atoms with Crippen LogP contribution in [0.1, 0.15) is 40.5 Å². The minimum Gasteiger partial charge on any atom is -0.444 e. The van der Waals surface area contributed by atoms with Crippen molar-refractivity contribution in [3.63, 3.8) is 0 Å². The van der Waals surface area contributed by atoms with Crippen LogP contribution >= 0.6 is 24.0 Å². The van der Waals surface area contributed by atoms with Gasteiger partial charge in [0.15, 0.2) is 5.96 Å². The molecule has 1 amide bonds. The van der Waals surface area contributed by atoms with Crippen LogP contribution in [0.25, 0.3) is 0 Å². The largest absolute Gasteiger partial charge is 0.444 e. The summed E-state index contributed by atoms with van der Waals surface area (Å²) in [5, 5.41) is 7.63. The van der Waals surface area contributed by atoms with Crippen LogP contribution in [0.3, 0.4) is 0 Å². The SMILES string of the molecule is CCN(CC1CCN(C(=NC)NCCn2cccn2)CC1)C(=O)OC(C)(C)C.I. The Morgan fingerprint density at radius 2 is 2.03 bits per heavy atom. The van der Waals surface area contributed by atoms with Crippen LogP contribution in [-0.2, 0) is 11.3 Å². The number of aliphatic imine (C=N–C) groups is 1. The van der Waals surface area contributed by atoms with Crippen molar-refractivity contribution in [1.29, 1.82) is 0 Å². The number of guanidine groups is 1. The number of aromatic nitrogens is 2. The summed E-state index contributed by atoms with van der Waals surface area (Å²) in [5.74, 6) is 1.43. The number of hydrogen-bond acceptors (Lipinski definition) is 4. The van der Waals surface area contributed by atoms with Crippen LogP contribution in [-0.4, -0.2) is 77.0 Å². The zero-order valence-corrected chi connectivity index (χ0v) is 20.8. The number of carbonyl (C=O) groups excluding carboxylic acids is 1. The van der Waals surface area contributed by atoms with Crippen molar-refractivity contribution in [3.05, 3.63) is 18.5 Å². The van der Waals surface area contributed by atoms with Crippen LogP contribution in [0.4, 0.5) is 4.79 Å². The topological polar surface area (TPSA) is 75.0 Å². The van der Waals surface area contributed by atoms with Crippen molar-refractivity contribution >= 4 is 36.0 Å². The molecule has 0 radical (unpaired) electrons. The van der Waals surface area contributed by atoms with Gasteiger partial charge in [0.05, 0.1) is 6.54 Å². The molecule has 0 saturated carbocycles. The fourth-order valence-corrected chi connectivity index (χ4v) is 3.35. The first-order valence-corrected chi connectivity index (χ1v) is 10.2. The highest BCUT2D eigenvalue weighted by Gasteiger charge is 2.27. The molecular formula is C20H37IN6O2. The maximum atomic E-state index is 12.4. The Morgan fingerprint density at radius 1 is 1.34 bits per heavy atom. The zero-order chi connectivity index (χ0) is 20.6. The second-order valence-corrected chi connectivity index (χ2v) is 8.19. The Labute approximate surface area is 192 Å². The van der Waals surface area contributed by atoms with Gasteiger partial charge in [-0.15, -0.1) is 24.0 Å². The molecule has 0 atom stereocenters. The highest BCUT2D eigenvalue weighted by atomic mass is 127. The van der Waals surface area contributed by atoms with Crippen LogP contribution in [0.5, 0.6) is 0 Å². The molecule has 0 unspecified atom stereocenters. The second-order valence-electron chi connectivity index (χ2n) is 8.19. The van der Waals surface area contributed by atoms with E-state index in [1.807, 2.05) is 56.6 Å². The fraction of sp³-hybridized carbons (Fsp3) is 0.750. The molecule has 166 valence electrons. The van der Waals surface area contributed by atoms with Gasteiger partial charge >= 0.3 is 6.09 Å². The Balaban J connectivity index is 0.00000420. The van der Waals surface area contributed by atoms with Gasteiger partial charge in [0.25, 0.3) is 0 Å². The lowest BCUT2D eigenvalue weighted by molar-refractivity contribution is 0.0214. The van der Waals surface area contributed by atoms with E-state index in [2.05, 4.69) is 20.3 Å². The van der Waals surface area contributed by atoms with E-state index in [4.69, 9.17) is 4.74 Å². The number of nitrogens with one attached hydrogen (secondary N) is 1. The number of amides is 1. The number of ether oxygens (including phenoxy) is 1. The highest BCUT2D eigenvalue weighted by molar-refractivity contribution is 14.0. The third-order valence-corrected chi connectivity index (χ3v) is 4.82. The van der Waals surface area contributed by atoms with Crippen LogP contribution in [0.2, 0.25) is 0 Å². The summed E-state index contributed by atoms with van der Waals surface area (Å²) in [5.41, 5.74) is -0.456. The molecule has 0 spiro atoms. The number of likely N-dealkylation sites (tertiary alicyclic amines) is 1. The van der Waals surface area contributed by atoms with Crippen molar-refractivity contribution in [2.75, 3.05) is 39.8 Å². The average Bonchev–Trinajstić information content (AvgIpc) is 3.16. The molecule has 0 aliphatic carbocycles. The number of nitrogens with zero attached hydrogens (tertiary/aromatic N) is 5. The average molecular weight is 520 g/mol. The zero-order valence-electron chi connectivity index (χ0n) is 18.4. The molecule has 1 N–H and O–H groups in total. The van der Waals surface area contributed by atoms with E-state index < -0.39 is 5.60 Å². The summed E-state index contributed by atoms with van der Waals surface area (Å²) in [4.78, 5) is 20.9. The summed E-state index contributed by atoms with van der Waals surface area (Å²) >= 11 is 0. The second kappa shape index (κ2) is 12.2. The van der Waals surface area contributed by atoms with Gasteiger partial charge in [-0.1, -0.05) is 0 Å². The monoisotopic (exact) mass is 520 g/mol. The smallest absolute Gasteiger partial charge is 0.410 e. The molecule has 1 aromatic rings. The first-order chi connectivity index (χ1) is 13.3. The summed E-state index contributed by atoms with van der Waals surface area (Å²) in [6.07, 6.45) is 5.61. The van der Waals surface area contributed by atoms with Crippen molar-refractivity contribution < 1.29 is 9.53 Å². The molecular weight excluding hydrogens is 483 g/mol. The minimum atomic E-state index is -0.456. The number of hydrogen-bond donors (Lipinski definition) is 1. The molecule has 8 nitrogen and oxygen atoms in total. The Hall–Kier alpha value is -1.52. The third kappa shape index (κ3) is 8.79. The molecule has 1 fully saturated rings. The van der Waals surface area contributed by atoms with Gasteiger partial charge in [-0.2, -0.15) is 5.10 Å². The van der Waals surface area contributed by atoms with Crippen molar-refractivity contribution in [2.24, 2.45) is 10.9 Å². The Bertz CT molecular complexity index is 621. The number of rotatable bonds is 6. The molecule has 2 heterocycles. The highest BCUT2D eigenvalue weighted by Crippen LogP contribution is 2.20. The maximum Gasteiger partial charge on any atom is 0.410 e. The number of carbonyl (C=O) groups is 1. The molecule has 29 heavy (non-hydrogen) atoms. The van der Waals surface area contributed by atoms with Crippen LogP contribution in [0.15, 0.2) is 23.5 Å². The molecule has 9 heteroatoms. The summed E-state index contributed by atoms with van der Waals surface area (Å²) < 4.78 is 7.43. The van der Waals surface area contributed by atoms with Crippen LogP contribution in [0, 0.1) is 5.92 Å². The van der Waals surface area contributed by atoms with Crippen molar-refractivity contribution in [2.45, 2.75) is 52.7 Å². The van der Waals surface area contributed by atoms with Gasteiger partial charge in [0.1, 0.15) is 5.60 Å². The maximum absolute atomic E-state index is 12.4. The summed E-state index contributed by atoms with van der Waals surface area (Å²) in [6, 6.07) is 1.93. The number of piperidine rings is 1. The van der Waals surface area contributed by atoms with Gasteiger partial charge in [-0.3, -0.25) is 9.67 Å². The van der Waals surface area contributed by atoms with Gasteiger partial charge in [-0.05, 0) is 52.5 Å². The standard InChI is InChI=1S/C20H36N6O2.HI/c1-6-24(19(27)28-20(2,3)4)16-17-8-13-25(14-9-17)18(21-5)22-11-15-26-12-7-10-23-26;/h7,10,12,17H,6,8-9,11,13-16H2,1-5H3,(H,21,22);1H. The molecule has 0 aromatic carbocycles. The van der Waals surface area contributed by atoms with E-state index in [0.29, 0.717) is 12.5 Å². The van der Waals surface area contributed by atoms with E-state index in [1.54, 1.807) is 6.20 Å². The van der Waals surface area contributed by atoms with Gasteiger partial charge < -0.3 is 19.9 Å². The van der Waals surface area contributed by atoms with Gasteiger partial charge in [-0.25, -0.2) is 4.79 Å². The quantitative estimate of drug-likeness (QED) is 0.355. The Kier molecular flexibility index (Phi) is 10.8. The molecule has 1 saturated heterocycles. The van der Waals surface area contributed by atoms with E-state index >= 15 is 0 Å². The minimum absolute atomic E-state index is 0. The first kappa shape index (κ1) is 25.5. The van der Waals surface area contributed by atoms with Gasteiger partial charge in [0.2, 0.25) is 0 Å². The van der Waals surface area contributed by atoms with E-state index in [0.717, 1.165) is 51.5 Å². The molecule has 2 rings (SSSR count). The summed E-state index contributed by atoms with van der Waals surface area (Å²) in [6.45, 7) is 12.6. The number of halogens is 1. The predicted octanol–water partition coefficient (Wildman–Crippen LogP) is 3.05. The first-order valence-electron chi connectivity index (χ1n) is 10.2. The molecule has 1 aliphatic heterocycles. The van der Waals surface area contributed by atoms with E-state index in [-0.39, 0.29) is 30.1 Å². The van der Waals surface area contributed by atoms with Crippen molar-refractivity contribution in [3.8, 4) is 0 Å².